The van der Waals surface area contributed by atoms with E-state index in [1.807, 2.05) is 30.3 Å². The molecule has 0 unspecified atom stereocenters. The Hall–Kier alpha value is -3.81. The summed E-state index contributed by atoms with van der Waals surface area (Å²) in [6, 6.07) is 15.2. The summed E-state index contributed by atoms with van der Waals surface area (Å²) < 4.78 is 14.3. The van der Waals surface area contributed by atoms with E-state index in [0.717, 1.165) is 17.1 Å². The van der Waals surface area contributed by atoms with Gasteiger partial charge in [-0.15, -0.1) is 0 Å². The molecule has 28 heavy (non-hydrogen) atoms. The van der Waals surface area contributed by atoms with Crippen molar-refractivity contribution < 1.29 is 4.39 Å². The number of halogens is 1. The first kappa shape index (κ1) is 17.6. The van der Waals surface area contributed by atoms with Gasteiger partial charge in [-0.2, -0.15) is 4.98 Å². The summed E-state index contributed by atoms with van der Waals surface area (Å²) in [6.07, 6.45) is 2.13. The van der Waals surface area contributed by atoms with Crippen LogP contribution < -0.4 is 16.6 Å². The molecule has 0 saturated heterocycles. The van der Waals surface area contributed by atoms with Gasteiger partial charge in [-0.1, -0.05) is 36.4 Å². The first-order chi connectivity index (χ1) is 13.6. The number of aromatic amines is 1. The van der Waals surface area contributed by atoms with Crippen molar-refractivity contribution in [2.75, 3.05) is 11.9 Å². The SMILES string of the molecule is O=c1[nH]c2nc(NCCc3ccccc3)ncc2c(=O)n1-c1cccc(F)c1. The minimum atomic E-state index is -0.697. The van der Waals surface area contributed by atoms with Crippen molar-refractivity contribution >= 4 is 17.0 Å². The molecule has 2 N–H and O–H groups in total. The average molecular weight is 377 g/mol. The molecule has 0 aliphatic heterocycles. The minimum absolute atomic E-state index is 0.125. The topological polar surface area (TPSA) is 92.7 Å². The summed E-state index contributed by atoms with van der Waals surface area (Å²) in [7, 11) is 0. The molecule has 140 valence electrons. The second-order valence-electron chi connectivity index (χ2n) is 6.17. The molecule has 4 rings (SSSR count). The summed E-state index contributed by atoms with van der Waals surface area (Å²) in [5.41, 5.74) is 0.123. The zero-order chi connectivity index (χ0) is 19.5. The van der Waals surface area contributed by atoms with Crippen LogP contribution in [0.5, 0.6) is 0 Å². The Morgan fingerprint density at radius 2 is 1.89 bits per heavy atom. The lowest BCUT2D eigenvalue weighted by Gasteiger charge is -2.08. The van der Waals surface area contributed by atoms with Gasteiger partial charge in [0.15, 0.2) is 5.65 Å². The van der Waals surface area contributed by atoms with E-state index in [1.54, 1.807) is 0 Å². The fraction of sp³-hybridized carbons (Fsp3) is 0.100. The number of nitrogens with one attached hydrogen (secondary N) is 2. The lowest BCUT2D eigenvalue weighted by molar-refractivity contribution is 0.626. The highest BCUT2D eigenvalue weighted by molar-refractivity contribution is 5.73. The minimum Gasteiger partial charge on any atom is -0.354 e. The van der Waals surface area contributed by atoms with Crippen LogP contribution in [-0.2, 0) is 6.42 Å². The zero-order valence-corrected chi connectivity index (χ0v) is 14.7. The van der Waals surface area contributed by atoms with Crippen LogP contribution in [-0.4, -0.2) is 26.1 Å². The normalized spacial score (nSPS) is 10.9. The maximum Gasteiger partial charge on any atom is 0.334 e. The van der Waals surface area contributed by atoms with Gasteiger partial charge in [0.05, 0.1) is 5.69 Å². The number of rotatable bonds is 5. The van der Waals surface area contributed by atoms with Crippen LogP contribution in [0.2, 0.25) is 0 Å². The molecule has 0 radical (unpaired) electrons. The standard InChI is InChI=1S/C20H16FN5O2/c21-14-7-4-8-15(11-14)26-18(27)16-12-23-19(24-17(16)25-20(26)28)22-10-9-13-5-2-1-3-6-13/h1-8,11-12H,9-10H2,(H2,22,23,24,25,28). The van der Waals surface area contributed by atoms with E-state index in [-0.39, 0.29) is 16.7 Å². The van der Waals surface area contributed by atoms with Crippen molar-refractivity contribution in [3.8, 4) is 5.69 Å². The van der Waals surface area contributed by atoms with Gasteiger partial charge in [0.25, 0.3) is 5.56 Å². The average Bonchev–Trinajstić information content (AvgIpc) is 2.69. The Balaban J connectivity index is 1.63. The van der Waals surface area contributed by atoms with Crippen LogP contribution in [0.1, 0.15) is 5.56 Å². The van der Waals surface area contributed by atoms with Crippen molar-refractivity contribution in [2.45, 2.75) is 6.42 Å². The molecule has 4 aromatic rings. The number of fused-ring (bicyclic) bond motifs is 1. The van der Waals surface area contributed by atoms with Gasteiger partial charge in [0.2, 0.25) is 5.95 Å². The van der Waals surface area contributed by atoms with E-state index >= 15 is 0 Å². The lowest BCUT2D eigenvalue weighted by Crippen LogP contribution is -2.34. The highest BCUT2D eigenvalue weighted by Crippen LogP contribution is 2.09. The molecular weight excluding hydrogens is 361 g/mol. The van der Waals surface area contributed by atoms with Crippen molar-refractivity contribution in [2.24, 2.45) is 0 Å². The van der Waals surface area contributed by atoms with Gasteiger partial charge >= 0.3 is 5.69 Å². The highest BCUT2D eigenvalue weighted by atomic mass is 19.1. The van der Waals surface area contributed by atoms with Crippen LogP contribution in [0, 0.1) is 5.82 Å². The summed E-state index contributed by atoms with van der Waals surface area (Å²) in [5.74, 6) is -0.236. The lowest BCUT2D eigenvalue weighted by atomic mass is 10.1. The van der Waals surface area contributed by atoms with Crippen LogP contribution >= 0.6 is 0 Å². The third kappa shape index (κ3) is 3.52. The number of H-pyrrole nitrogens is 1. The predicted octanol–water partition coefficient (Wildman–Crippen LogP) is 2.26. The fourth-order valence-corrected chi connectivity index (χ4v) is 2.90. The van der Waals surface area contributed by atoms with E-state index in [0.29, 0.717) is 12.5 Å². The van der Waals surface area contributed by atoms with Crippen LogP contribution in [0.4, 0.5) is 10.3 Å². The predicted molar refractivity (Wildman–Crippen MR) is 104 cm³/mol. The van der Waals surface area contributed by atoms with Crippen molar-refractivity contribution in [3.63, 3.8) is 0 Å². The summed E-state index contributed by atoms with van der Waals surface area (Å²) in [6.45, 7) is 0.597. The molecule has 2 aromatic heterocycles. The van der Waals surface area contributed by atoms with E-state index in [4.69, 9.17) is 0 Å². The van der Waals surface area contributed by atoms with Gasteiger partial charge < -0.3 is 5.32 Å². The summed E-state index contributed by atoms with van der Waals surface area (Å²) >= 11 is 0. The second kappa shape index (κ2) is 7.43. The molecule has 0 amide bonds. The molecule has 0 saturated carbocycles. The molecule has 2 aromatic carbocycles. The number of hydrogen-bond acceptors (Lipinski definition) is 5. The first-order valence-corrected chi connectivity index (χ1v) is 8.67. The van der Waals surface area contributed by atoms with Crippen molar-refractivity contribution in [1.29, 1.82) is 0 Å². The number of benzene rings is 2. The largest absolute Gasteiger partial charge is 0.354 e. The summed E-state index contributed by atoms with van der Waals surface area (Å²) in [4.78, 5) is 36.0. The van der Waals surface area contributed by atoms with Crippen molar-refractivity contribution in [3.05, 3.63) is 93.0 Å². The molecule has 0 aliphatic rings. The van der Waals surface area contributed by atoms with Gasteiger partial charge in [-0.25, -0.2) is 18.7 Å². The maximum atomic E-state index is 13.5. The summed E-state index contributed by atoms with van der Waals surface area (Å²) in [5, 5.41) is 3.21. The van der Waals surface area contributed by atoms with E-state index in [1.165, 1.54) is 30.0 Å². The Bertz CT molecular complexity index is 1250. The second-order valence-corrected chi connectivity index (χ2v) is 6.17. The molecule has 7 nitrogen and oxygen atoms in total. The van der Waals surface area contributed by atoms with Crippen LogP contribution in [0.15, 0.2) is 70.4 Å². The smallest absolute Gasteiger partial charge is 0.334 e. The molecular formula is C20H16FN5O2. The first-order valence-electron chi connectivity index (χ1n) is 8.67. The Kier molecular flexibility index (Phi) is 4.67. The molecule has 8 heteroatoms. The Labute approximate surface area is 158 Å². The molecule has 2 heterocycles. The van der Waals surface area contributed by atoms with E-state index in [9.17, 15) is 14.0 Å². The quantitative estimate of drug-likeness (QED) is 0.557. The third-order valence-electron chi connectivity index (χ3n) is 4.26. The van der Waals surface area contributed by atoms with Gasteiger partial charge in [-0.3, -0.25) is 9.78 Å². The van der Waals surface area contributed by atoms with Crippen molar-refractivity contribution in [1.82, 2.24) is 19.5 Å². The number of hydrogen-bond donors (Lipinski definition) is 2. The molecule has 0 atom stereocenters. The molecule has 0 bridgehead atoms. The highest BCUT2D eigenvalue weighted by Gasteiger charge is 2.12. The fourth-order valence-electron chi connectivity index (χ4n) is 2.90. The molecule has 0 aliphatic carbocycles. The third-order valence-corrected chi connectivity index (χ3v) is 4.26. The Morgan fingerprint density at radius 3 is 2.68 bits per heavy atom. The van der Waals surface area contributed by atoms with Crippen LogP contribution in [0.3, 0.4) is 0 Å². The Morgan fingerprint density at radius 1 is 1.07 bits per heavy atom. The molecule has 0 spiro atoms. The molecule has 0 fully saturated rings. The zero-order valence-electron chi connectivity index (χ0n) is 14.7. The maximum absolute atomic E-state index is 13.5. The number of nitrogens with zero attached hydrogens (tertiary/aromatic N) is 3. The monoisotopic (exact) mass is 377 g/mol. The number of aromatic nitrogens is 4. The van der Waals surface area contributed by atoms with E-state index in [2.05, 4.69) is 20.3 Å². The van der Waals surface area contributed by atoms with Gasteiger partial charge in [0, 0.05) is 12.7 Å². The van der Waals surface area contributed by atoms with Gasteiger partial charge in [-0.05, 0) is 30.2 Å². The van der Waals surface area contributed by atoms with Gasteiger partial charge in [0.1, 0.15) is 11.2 Å². The van der Waals surface area contributed by atoms with E-state index < -0.39 is 17.1 Å². The number of anilines is 1. The van der Waals surface area contributed by atoms with Crippen LogP contribution in [0.25, 0.3) is 16.7 Å².